The third-order valence-corrected chi connectivity index (χ3v) is 7.04. The highest BCUT2D eigenvalue weighted by Crippen LogP contribution is 2.35. The summed E-state index contributed by atoms with van der Waals surface area (Å²) in [7, 11) is 0. The van der Waals surface area contributed by atoms with Crippen LogP contribution in [-0.2, 0) is 17.9 Å². The van der Waals surface area contributed by atoms with Crippen molar-refractivity contribution >= 4 is 75.4 Å². The monoisotopic (exact) mass is 537 g/mol. The van der Waals surface area contributed by atoms with Crippen molar-refractivity contribution in [1.82, 2.24) is 4.90 Å². The molecule has 0 spiro atoms. The second-order valence-corrected chi connectivity index (χ2v) is 9.71. The number of imide groups is 1. The third-order valence-electron chi connectivity index (χ3n) is 4.84. The Morgan fingerprint density at radius 1 is 0.879 bits per heavy atom. The zero-order valence-electron chi connectivity index (χ0n) is 16.9. The van der Waals surface area contributed by atoms with E-state index in [2.05, 4.69) is 0 Å². The number of ether oxygens (including phenoxy) is 1. The molecule has 0 atom stereocenters. The van der Waals surface area contributed by atoms with Crippen molar-refractivity contribution in [3.05, 3.63) is 102 Å². The number of hydrogen-bond acceptors (Lipinski definition) is 4. The van der Waals surface area contributed by atoms with Gasteiger partial charge in [-0.25, -0.2) is 0 Å². The van der Waals surface area contributed by atoms with E-state index in [1.54, 1.807) is 66.7 Å². The Morgan fingerprint density at radius 2 is 1.58 bits per heavy atom. The van der Waals surface area contributed by atoms with Crippen molar-refractivity contribution in [2.45, 2.75) is 13.2 Å². The van der Waals surface area contributed by atoms with Gasteiger partial charge in [-0.05, 0) is 65.4 Å². The minimum Gasteiger partial charge on any atom is -0.489 e. The average Bonchev–Trinajstić information content (AvgIpc) is 3.03. The van der Waals surface area contributed by atoms with Crippen LogP contribution in [0.25, 0.3) is 6.08 Å². The van der Waals surface area contributed by atoms with Crippen LogP contribution in [0.1, 0.15) is 16.7 Å². The zero-order valence-corrected chi connectivity index (χ0v) is 20.7. The molecule has 1 saturated heterocycles. The Kier molecular flexibility index (Phi) is 7.57. The molecule has 1 heterocycles. The Morgan fingerprint density at radius 3 is 2.24 bits per heavy atom. The summed E-state index contributed by atoms with van der Waals surface area (Å²) in [6.07, 6.45) is 1.67. The van der Waals surface area contributed by atoms with Gasteiger partial charge < -0.3 is 4.74 Å². The van der Waals surface area contributed by atoms with Gasteiger partial charge in [0.05, 0.1) is 11.4 Å². The van der Waals surface area contributed by atoms with Gasteiger partial charge in [0, 0.05) is 25.7 Å². The maximum absolute atomic E-state index is 12.8. The van der Waals surface area contributed by atoms with Crippen molar-refractivity contribution in [2.24, 2.45) is 0 Å². The molecule has 168 valence electrons. The van der Waals surface area contributed by atoms with Crippen LogP contribution in [0.5, 0.6) is 5.75 Å². The first-order valence-electron chi connectivity index (χ1n) is 9.67. The van der Waals surface area contributed by atoms with E-state index in [1.165, 1.54) is 0 Å². The van der Waals surface area contributed by atoms with E-state index in [9.17, 15) is 9.59 Å². The Hall–Kier alpha value is -2.15. The number of nitrogens with zero attached hydrogens (tertiary/aromatic N) is 1. The number of amides is 2. The fraction of sp³-hybridized carbons (Fsp3) is 0.0833. The van der Waals surface area contributed by atoms with Gasteiger partial charge >= 0.3 is 0 Å². The number of hydrogen-bond donors (Lipinski definition) is 0. The quantitative estimate of drug-likeness (QED) is 0.297. The van der Waals surface area contributed by atoms with Gasteiger partial charge in [-0.15, -0.1) is 0 Å². The molecule has 0 N–H and O–H groups in total. The molecule has 0 radical (unpaired) electrons. The van der Waals surface area contributed by atoms with Crippen LogP contribution in [0, 0.1) is 0 Å². The molecule has 3 aromatic carbocycles. The van der Waals surface area contributed by atoms with Gasteiger partial charge in [0.25, 0.3) is 11.1 Å². The molecule has 0 bridgehead atoms. The minimum absolute atomic E-state index is 0.0788. The highest BCUT2D eigenvalue weighted by atomic mass is 35.5. The lowest BCUT2D eigenvalue weighted by molar-refractivity contribution is -0.123. The van der Waals surface area contributed by atoms with E-state index < -0.39 is 0 Å². The lowest BCUT2D eigenvalue weighted by Gasteiger charge is -2.13. The van der Waals surface area contributed by atoms with E-state index in [0.29, 0.717) is 41.9 Å². The van der Waals surface area contributed by atoms with Gasteiger partial charge in [0.1, 0.15) is 12.4 Å². The molecule has 9 heteroatoms. The van der Waals surface area contributed by atoms with Crippen LogP contribution in [0.3, 0.4) is 0 Å². The predicted molar refractivity (Wildman–Crippen MR) is 135 cm³/mol. The van der Waals surface area contributed by atoms with Crippen molar-refractivity contribution in [1.29, 1.82) is 0 Å². The van der Waals surface area contributed by atoms with Crippen molar-refractivity contribution in [3.63, 3.8) is 0 Å². The number of carbonyl (C=O) groups excluding carboxylic acids is 2. The summed E-state index contributed by atoms with van der Waals surface area (Å²) in [5, 5.41) is 1.61. The molecule has 0 aliphatic carbocycles. The Labute approximate surface area is 215 Å². The number of halogens is 4. The van der Waals surface area contributed by atoms with E-state index >= 15 is 0 Å². The lowest BCUT2D eigenvalue weighted by Crippen LogP contribution is -2.27. The summed E-state index contributed by atoms with van der Waals surface area (Å²) >= 11 is 25.3. The van der Waals surface area contributed by atoms with Gasteiger partial charge in [-0.3, -0.25) is 14.5 Å². The molecule has 3 aromatic rings. The predicted octanol–water partition coefficient (Wildman–Crippen LogP) is 8.12. The third kappa shape index (κ3) is 5.68. The van der Waals surface area contributed by atoms with Gasteiger partial charge in [0.2, 0.25) is 0 Å². The molecule has 0 unspecified atom stereocenters. The molecule has 4 nitrogen and oxygen atoms in total. The summed E-state index contributed by atoms with van der Waals surface area (Å²) in [5.41, 5.74) is 2.11. The van der Waals surface area contributed by atoms with E-state index in [1.807, 2.05) is 0 Å². The standard InChI is InChI=1S/C24H15Cl4NO3S/c25-16-7-6-15(21(28)11-16)12-29-23(30)22(33-24(29)31)10-14-4-8-17(9-5-14)32-13-18-19(26)2-1-3-20(18)27/h1-11H,12-13H2/b22-10-. The maximum Gasteiger partial charge on any atom is 0.293 e. The Bertz CT molecular complexity index is 1240. The zero-order chi connectivity index (χ0) is 23.5. The first-order chi connectivity index (χ1) is 15.8. The van der Waals surface area contributed by atoms with E-state index in [0.717, 1.165) is 22.2 Å². The Balaban J connectivity index is 1.43. The molecule has 0 saturated carbocycles. The van der Waals surface area contributed by atoms with Crippen molar-refractivity contribution in [2.75, 3.05) is 0 Å². The minimum atomic E-state index is -0.371. The molecule has 2 amide bonds. The van der Waals surface area contributed by atoms with Crippen molar-refractivity contribution in [3.8, 4) is 5.75 Å². The normalized spacial score (nSPS) is 14.9. The topological polar surface area (TPSA) is 46.6 Å². The van der Waals surface area contributed by atoms with Crippen LogP contribution in [0.2, 0.25) is 20.1 Å². The van der Waals surface area contributed by atoms with Crippen molar-refractivity contribution < 1.29 is 14.3 Å². The summed E-state index contributed by atoms with van der Waals surface area (Å²) in [6.45, 7) is 0.305. The number of thioether (sulfide) groups is 1. The highest BCUT2D eigenvalue weighted by molar-refractivity contribution is 8.18. The molecule has 1 aliphatic heterocycles. The van der Waals surface area contributed by atoms with Crippen LogP contribution < -0.4 is 4.74 Å². The molecular formula is C24H15Cl4NO3S. The summed E-state index contributed by atoms with van der Waals surface area (Å²) in [4.78, 5) is 26.7. The van der Waals surface area contributed by atoms with Gasteiger partial charge in [-0.2, -0.15) is 0 Å². The van der Waals surface area contributed by atoms with E-state index in [-0.39, 0.29) is 24.3 Å². The molecule has 1 fully saturated rings. The molecule has 1 aliphatic rings. The lowest BCUT2D eigenvalue weighted by atomic mass is 10.2. The fourth-order valence-corrected chi connectivity index (χ4v) is 4.91. The molecule has 4 rings (SSSR count). The van der Waals surface area contributed by atoms with Crippen LogP contribution >= 0.6 is 58.2 Å². The highest BCUT2D eigenvalue weighted by Gasteiger charge is 2.35. The number of benzene rings is 3. The van der Waals surface area contributed by atoms with E-state index in [4.69, 9.17) is 51.1 Å². The second-order valence-electron chi connectivity index (χ2n) is 7.06. The summed E-state index contributed by atoms with van der Waals surface area (Å²) in [6, 6.07) is 17.4. The first kappa shape index (κ1) is 24.0. The van der Waals surface area contributed by atoms with Crippen LogP contribution in [0.15, 0.2) is 65.6 Å². The second kappa shape index (κ2) is 10.4. The number of rotatable bonds is 6. The largest absolute Gasteiger partial charge is 0.489 e. The molecular weight excluding hydrogens is 524 g/mol. The molecule has 0 aromatic heterocycles. The summed E-state index contributed by atoms with van der Waals surface area (Å²) < 4.78 is 5.77. The SMILES string of the molecule is O=C1S/C(=C\c2ccc(OCc3c(Cl)cccc3Cl)cc2)C(=O)N1Cc1ccc(Cl)cc1Cl. The summed E-state index contributed by atoms with van der Waals surface area (Å²) in [5.74, 6) is 0.248. The number of carbonyl (C=O) groups is 2. The smallest absolute Gasteiger partial charge is 0.293 e. The fourth-order valence-electron chi connectivity index (χ4n) is 3.09. The molecule has 33 heavy (non-hydrogen) atoms. The maximum atomic E-state index is 12.8. The van der Waals surface area contributed by atoms with Crippen LogP contribution in [-0.4, -0.2) is 16.0 Å². The van der Waals surface area contributed by atoms with Gasteiger partial charge in [-0.1, -0.05) is 70.7 Å². The van der Waals surface area contributed by atoms with Crippen LogP contribution in [0.4, 0.5) is 4.79 Å². The van der Waals surface area contributed by atoms with Gasteiger partial charge in [0.15, 0.2) is 0 Å². The first-order valence-corrected chi connectivity index (χ1v) is 12.0. The average molecular weight is 539 g/mol.